The van der Waals surface area contributed by atoms with Crippen LogP contribution in [0, 0.1) is 31.6 Å². The lowest BCUT2D eigenvalue weighted by Crippen LogP contribution is -2.40. The van der Waals surface area contributed by atoms with Gasteiger partial charge < -0.3 is 10.2 Å². The number of anilines is 1. The summed E-state index contributed by atoms with van der Waals surface area (Å²) in [5.74, 6) is 1.72. The maximum atomic E-state index is 13.0. The van der Waals surface area contributed by atoms with Gasteiger partial charge in [-0.3, -0.25) is 4.79 Å². The molecule has 4 rings (SSSR count). The Labute approximate surface area is 165 Å². The predicted octanol–water partition coefficient (Wildman–Crippen LogP) is 4.46. The van der Waals surface area contributed by atoms with Crippen LogP contribution < -0.4 is 5.32 Å². The Morgan fingerprint density at radius 2 is 1.96 bits per heavy atom. The monoisotopic (exact) mass is 386 g/mol. The highest BCUT2D eigenvalue weighted by Gasteiger charge is 2.50. The lowest BCUT2D eigenvalue weighted by molar-refractivity contribution is -0.130. The number of aromatic nitrogens is 2. The first-order valence-electron chi connectivity index (χ1n) is 9.85. The number of likely N-dealkylation sites (tertiary alicyclic amines) is 1. The van der Waals surface area contributed by atoms with Crippen molar-refractivity contribution in [3.05, 3.63) is 16.3 Å². The Balaban J connectivity index is 1.53. The van der Waals surface area contributed by atoms with Crippen molar-refractivity contribution in [3.8, 4) is 0 Å². The SMILES string of the molecule is Cc1nc(NCC(=O)N2CC3(C)CC2CC(C)(C)C3)c2c(C)c(C)sc2n1. The molecule has 146 valence electrons. The Hall–Kier alpha value is -1.69. The number of aryl methyl sites for hydroxylation is 3. The highest BCUT2D eigenvalue weighted by Crippen LogP contribution is 2.52. The fraction of sp³-hybridized carbons (Fsp3) is 0.667. The molecule has 0 radical (unpaired) electrons. The number of thiophene rings is 1. The summed E-state index contributed by atoms with van der Waals surface area (Å²) in [6.07, 6.45) is 3.45. The smallest absolute Gasteiger partial charge is 0.242 e. The summed E-state index contributed by atoms with van der Waals surface area (Å²) in [6, 6.07) is 0.380. The van der Waals surface area contributed by atoms with Gasteiger partial charge in [0.1, 0.15) is 16.5 Å². The zero-order valence-electron chi connectivity index (χ0n) is 17.3. The highest BCUT2D eigenvalue weighted by molar-refractivity contribution is 7.18. The normalized spacial score (nSPS) is 26.6. The molecule has 6 heteroatoms. The molecule has 1 saturated carbocycles. The summed E-state index contributed by atoms with van der Waals surface area (Å²) in [4.78, 5) is 26.6. The molecule has 2 aromatic heterocycles. The first-order valence-corrected chi connectivity index (χ1v) is 10.7. The van der Waals surface area contributed by atoms with E-state index in [0.717, 1.165) is 41.2 Å². The van der Waals surface area contributed by atoms with Gasteiger partial charge in [-0.1, -0.05) is 20.8 Å². The van der Waals surface area contributed by atoms with Crippen LogP contribution in [0.25, 0.3) is 10.2 Å². The van der Waals surface area contributed by atoms with E-state index >= 15 is 0 Å². The van der Waals surface area contributed by atoms with Gasteiger partial charge in [0.2, 0.25) is 5.91 Å². The van der Waals surface area contributed by atoms with Gasteiger partial charge in [-0.15, -0.1) is 11.3 Å². The number of rotatable bonds is 3. The number of nitrogens with one attached hydrogen (secondary N) is 1. The summed E-state index contributed by atoms with van der Waals surface area (Å²) in [5, 5.41) is 4.40. The van der Waals surface area contributed by atoms with Gasteiger partial charge in [0.25, 0.3) is 0 Å². The molecule has 1 aliphatic carbocycles. The van der Waals surface area contributed by atoms with Crippen molar-refractivity contribution in [2.45, 2.75) is 66.8 Å². The van der Waals surface area contributed by atoms with E-state index in [2.05, 4.69) is 54.8 Å². The zero-order valence-corrected chi connectivity index (χ0v) is 18.1. The van der Waals surface area contributed by atoms with Gasteiger partial charge in [0.05, 0.1) is 11.9 Å². The average molecular weight is 387 g/mol. The Kier molecular flexibility index (Phi) is 4.26. The van der Waals surface area contributed by atoms with Crippen LogP contribution in [0.1, 0.15) is 56.3 Å². The summed E-state index contributed by atoms with van der Waals surface area (Å²) in [5.41, 5.74) is 1.79. The van der Waals surface area contributed by atoms with Crippen molar-refractivity contribution >= 4 is 33.3 Å². The number of carbonyl (C=O) groups is 1. The van der Waals surface area contributed by atoms with E-state index in [1.165, 1.54) is 16.9 Å². The largest absolute Gasteiger partial charge is 0.360 e. The molecule has 2 bridgehead atoms. The standard InChI is InChI=1S/C21H30N4OS/c1-12-13(2)27-19-17(12)18(23-14(3)24-19)22-9-16(26)25-11-21(6)8-15(25)7-20(4,5)10-21/h15H,7-11H2,1-6H3,(H,22,23,24). The minimum atomic E-state index is 0.190. The van der Waals surface area contributed by atoms with Crippen LogP contribution in [0.15, 0.2) is 0 Å². The molecule has 2 aliphatic rings. The van der Waals surface area contributed by atoms with Gasteiger partial charge in [-0.2, -0.15) is 0 Å². The fourth-order valence-corrected chi connectivity index (χ4v) is 6.57. The van der Waals surface area contributed by atoms with Crippen LogP contribution in [0.2, 0.25) is 0 Å². The second-order valence-corrected chi connectivity index (χ2v) is 10.9. The molecule has 1 amide bonds. The molecule has 5 nitrogen and oxygen atoms in total. The van der Waals surface area contributed by atoms with E-state index in [0.29, 0.717) is 18.0 Å². The summed E-state index contributed by atoms with van der Waals surface area (Å²) < 4.78 is 0. The fourth-order valence-electron chi connectivity index (χ4n) is 5.50. The first kappa shape index (κ1) is 18.7. The molecular formula is C21H30N4OS. The minimum Gasteiger partial charge on any atom is -0.360 e. The Morgan fingerprint density at radius 3 is 2.70 bits per heavy atom. The molecule has 2 aromatic rings. The lowest BCUT2D eigenvalue weighted by Gasteiger charge is -2.39. The molecule has 2 atom stereocenters. The third-order valence-electron chi connectivity index (χ3n) is 6.28. The molecule has 0 spiro atoms. The first-order chi connectivity index (χ1) is 12.6. The second-order valence-electron chi connectivity index (χ2n) is 9.67. The van der Waals surface area contributed by atoms with Crippen LogP contribution >= 0.6 is 11.3 Å². The minimum absolute atomic E-state index is 0.190. The van der Waals surface area contributed by atoms with Gasteiger partial charge in [-0.25, -0.2) is 9.97 Å². The predicted molar refractivity (Wildman–Crippen MR) is 111 cm³/mol. The number of hydrogen-bond acceptors (Lipinski definition) is 5. The van der Waals surface area contributed by atoms with Crippen molar-refractivity contribution in [1.29, 1.82) is 0 Å². The van der Waals surface area contributed by atoms with Crippen LogP contribution in [-0.2, 0) is 4.79 Å². The van der Waals surface area contributed by atoms with Gasteiger partial charge in [0.15, 0.2) is 0 Å². The zero-order chi connectivity index (χ0) is 19.6. The van der Waals surface area contributed by atoms with Crippen molar-refractivity contribution in [1.82, 2.24) is 14.9 Å². The molecular weight excluding hydrogens is 356 g/mol. The van der Waals surface area contributed by atoms with E-state index in [1.54, 1.807) is 11.3 Å². The highest BCUT2D eigenvalue weighted by atomic mass is 32.1. The molecule has 0 aromatic carbocycles. The molecule has 27 heavy (non-hydrogen) atoms. The van der Waals surface area contributed by atoms with E-state index in [-0.39, 0.29) is 11.3 Å². The van der Waals surface area contributed by atoms with Crippen molar-refractivity contribution in [2.24, 2.45) is 10.8 Å². The van der Waals surface area contributed by atoms with Gasteiger partial charge in [0, 0.05) is 17.5 Å². The third-order valence-corrected chi connectivity index (χ3v) is 7.38. The van der Waals surface area contributed by atoms with Gasteiger partial charge in [-0.05, 0) is 56.4 Å². The molecule has 2 fully saturated rings. The number of hydrogen-bond donors (Lipinski definition) is 1. The molecule has 2 unspecified atom stereocenters. The summed E-state index contributed by atoms with van der Waals surface area (Å²) >= 11 is 1.69. The number of fused-ring (bicyclic) bond motifs is 3. The number of nitrogens with zero attached hydrogens (tertiary/aromatic N) is 3. The number of amides is 1. The molecule has 1 N–H and O–H groups in total. The van der Waals surface area contributed by atoms with Crippen LogP contribution in [0.5, 0.6) is 0 Å². The van der Waals surface area contributed by atoms with Crippen molar-refractivity contribution < 1.29 is 4.79 Å². The topological polar surface area (TPSA) is 58.1 Å². The maximum absolute atomic E-state index is 13.0. The third kappa shape index (κ3) is 3.33. The van der Waals surface area contributed by atoms with Crippen molar-refractivity contribution in [2.75, 3.05) is 18.4 Å². The van der Waals surface area contributed by atoms with Crippen molar-refractivity contribution in [3.63, 3.8) is 0 Å². The summed E-state index contributed by atoms with van der Waals surface area (Å²) in [6.45, 7) is 14.3. The van der Waals surface area contributed by atoms with E-state index in [4.69, 9.17) is 0 Å². The summed E-state index contributed by atoms with van der Waals surface area (Å²) in [7, 11) is 0. The maximum Gasteiger partial charge on any atom is 0.242 e. The molecule has 3 heterocycles. The van der Waals surface area contributed by atoms with Crippen LogP contribution in [0.3, 0.4) is 0 Å². The van der Waals surface area contributed by atoms with E-state index in [9.17, 15) is 4.79 Å². The van der Waals surface area contributed by atoms with E-state index < -0.39 is 0 Å². The van der Waals surface area contributed by atoms with E-state index in [1.807, 2.05) is 6.92 Å². The Morgan fingerprint density at radius 1 is 1.22 bits per heavy atom. The second kappa shape index (κ2) is 6.16. The lowest BCUT2D eigenvalue weighted by atomic mass is 9.65. The average Bonchev–Trinajstić information content (AvgIpc) is 2.96. The van der Waals surface area contributed by atoms with Crippen LogP contribution in [-0.4, -0.2) is 39.9 Å². The van der Waals surface area contributed by atoms with Gasteiger partial charge >= 0.3 is 0 Å². The quantitative estimate of drug-likeness (QED) is 0.846. The Bertz CT molecular complexity index is 919. The number of carbonyl (C=O) groups excluding carboxylic acids is 1. The molecule has 1 aliphatic heterocycles. The van der Waals surface area contributed by atoms with Crippen LogP contribution in [0.4, 0.5) is 5.82 Å². The molecule has 1 saturated heterocycles.